The van der Waals surface area contributed by atoms with E-state index in [2.05, 4.69) is 5.10 Å². The summed E-state index contributed by atoms with van der Waals surface area (Å²) in [7, 11) is -1.90. The molecule has 10 heteroatoms. The monoisotopic (exact) mass is 436 g/mol. The van der Waals surface area contributed by atoms with E-state index in [4.69, 9.17) is 0 Å². The lowest BCUT2D eigenvalue weighted by molar-refractivity contribution is -0.135. The topological polar surface area (TPSA) is 92.6 Å². The Morgan fingerprint density at radius 3 is 2.52 bits per heavy atom. The van der Waals surface area contributed by atoms with Gasteiger partial charge in [0.2, 0.25) is 5.91 Å². The molecule has 0 spiro atoms. The summed E-state index contributed by atoms with van der Waals surface area (Å²) >= 11 is 1.17. The molecule has 2 aromatic rings. The molecular formula is C19H24N4O4S2. The number of carbonyl (C=O) groups is 2. The zero-order valence-electron chi connectivity index (χ0n) is 16.2. The number of ketones is 1. The van der Waals surface area contributed by atoms with E-state index < -0.39 is 16.1 Å². The van der Waals surface area contributed by atoms with E-state index >= 15 is 0 Å². The first-order valence-electron chi connectivity index (χ1n) is 9.76. The van der Waals surface area contributed by atoms with Gasteiger partial charge in [-0.2, -0.15) is 9.40 Å². The molecule has 0 unspecified atom stereocenters. The number of piperidine rings is 1. The van der Waals surface area contributed by atoms with Gasteiger partial charge in [0.1, 0.15) is 15.9 Å². The van der Waals surface area contributed by atoms with Crippen molar-refractivity contribution in [1.82, 2.24) is 19.0 Å². The van der Waals surface area contributed by atoms with Crippen molar-refractivity contribution in [3.8, 4) is 0 Å². The number of hydrogen-bond donors (Lipinski definition) is 0. The minimum atomic E-state index is -3.65. The first-order chi connectivity index (χ1) is 13.9. The fraction of sp³-hybridized carbons (Fsp3) is 0.526. The summed E-state index contributed by atoms with van der Waals surface area (Å²) in [4.78, 5) is 27.5. The van der Waals surface area contributed by atoms with E-state index in [1.807, 2.05) is 0 Å². The van der Waals surface area contributed by atoms with Crippen LogP contribution in [0.1, 0.15) is 36.2 Å². The minimum absolute atomic E-state index is 0.0554. The Hall–Kier alpha value is -2.04. The maximum atomic E-state index is 13.1. The van der Waals surface area contributed by atoms with E-state index in [9.17, 15) is 18.0 Å². The molecule has 156 valence electrons. The van der Waals surface area contributed by atoms with Crippen LogP contribution in [-0.2, 0) is 21.9 Å². The van der Waals surface area contributed by atoms with Crippen molar-refractivity contribution in [2.45, 2.75) is 35.9 Å². The van der Waals surface area contributed by atoms with Crippen molar-refractivity contribution in [2.75, 3.05) is 19.6 Å². The van der Waals surface area contributed by atoms with E-state index in [1.54, 1.807) is 46.4 Å². The average molecular weight is 437 g/mol. The number of hydrogen-bond acceptors (Lipinski definition) is 6. The summed E-state index contributed by atoms with van der Waals surface area (Å²) in [6.07, 6.45) is 3.99. The Balaban J connectivity index is 1.42. The molecule has 4 rings (SSSR count). The third-order valence-corrected chi connectivity index (χ3v) is 9.08. The zero-order valence-corrected chi connectivity index (χ0v) is 17.9. The Labute approximate surface area is 174 Å². The lowest BCUT2D eigenvalue weighted by Crippen LogP contribution is -2.50. The van der Waals surface area contributed by atoms with E-state index in [1.165, 1.54) is 15.6 Å². The molecule has 2 fully saturated rings. The van der Waals surface area contributed by atoms with Gasteiger partial charge in [-0.15, -0.1) is 11.3 Å². The van der Waals surface area contributed by atoms with Gasteiger partial charge in [0.25, 0.3) is 10.0 Å². The summed E-state index contributed by atoms with van der Waals surface area (Å²) in [6, 6.07) is 4.35. The standard InChI is InChI=1S/C19H24N4O4S2/c1-21-15(6-9-20-21)18(24)14-7-11-22(12-8-14)19(25)16-4-2-10-23(16)29(26,27)17-5-3-13-28-17/h3,5-6,9,13-14,16H,2,4,7-8,10-12H2,1H3/t16-/m1/s1. The molecule has 29 heavy (non-hydrogen) atoms. The number of thiophene rings is 1. The zero-order chi connectivity index (χ0) is 20.6. The molecule has 2 aliphatic heterocycles. The molecule has 2 aliphatic rings. The van der Waals surface area contributed by atoms with Gasteiger partial charge >= 0.3 is 0 Å². The Kier molecular flexibility index (Phi) is 5.58. The number of Topliss-reactive ketones (excluding diaryl/α,β-unsaturated/α-hetero) is 1. The highest BCUT2D eigenvalue weighted by atomic mass is 32.2. The third-order valence-electron chi connectivity index (χ3n) is 5.80. The molecule has 8 nitrogen and oxygen atoms in total. The summed E-state index contributed by atoms with van der Waals surface area (Å²) < 4.78 is 29.0. The van der Waals surface area contributed by atoms with Gasteiger partial charge in [0.15, 0.2) is 5.78 Å². The second-order valence-electron chi connectivity index (χ2n) is 7.51. The van der Waals surface area contributed by atoms with Crippen molar-refractivity contribution in [1.29, 1.82) is 0 Å². The van der Waals surface area contributed by atoms with E-state index in [0.717, 1.165) is 0 Å². The molecule has 0 bridgehead atoms. The predicted octanol–water partition coefficient (Wildman–Crippen LogP) is 1.76. The molecule has 0 N–H and O–H groups in total. The first kappa shape index (κ1) is 20.2. The molecule has 2 aromatic heterocycles. The van der Waals surface area contributed by atoms with Crippen LogP contribution in [0, 0.1) is 5.92 Å². The van der Waals surface area contributed by atoms with Crippen LogP contribution >= 0.6 is 11.3 Å². The van der Waals surface area contributed by atoms with Crippen LogP contribution in [0.2, 0.25) is 0 Å². The molecule has 0 aliphatic carbocycles. The van der Waals surface area contributed by atoms with Crippen molar-refractivity contribution in [2.24, 2.45) is 13.0 Å². The molecule has 0 saturated carbocycles. The number of rotatable bonds is 5. The summed E-state index contributed by atoms with van der Waals surface area (Å²) in [5, 5.41) is 5.78. The Bertz CT molecular complexity index is 991. The van der Waals surface area contributed by atoms with Crippen LogP contribution in [0.15, 0.2) is 34.0 Å². The highest BCUT2D eigenvalue weighted by Gasteiger charge is 2.42. The first-order valence-corrected chi connectivity index (χ1v) is 12.1. The van der Waals surface area contributed by atoms with Crippen molar-refractivity contribution in [3.05, 3.63) is 35.5 Å². The molecular weight excluding hydrogens is 412 g/mol. The van der Waals surface area contributed by atoms with Crippen LogP contribution < -0.4 is 0 Å². The Morgan fingerprint density at radius 2 is 1.90 bits per heavy atom. The van der Waals surface area contributed by atoms with Crippen LogP contribution in [-0.4, -0.2) is 64.8 Å². The molecule has 0 aromatic carbocycles. The van der Waals surface area contributed by atoms with Gasteiger partial charge in [-0.25, -0.2) is 8.42 Å². The second-order valence-corrected chi connectivity index (χ2v) is 10.6. The number of amides is 1. The lowest BCUT2D eigenvalue weighted by Gasteiger charge is -2.34. The largest absolute Gasteiger partial charge is 0.341 e. The number of aromatic nitrogens is 2. The molecule has 0 radical (unpaired) electrons. The molecule has 1 amide bonds. The van der Waals surface area contributed by atoms with Crippen LogP contribution in [0.3, 0.4) is 0 Å². The van der Waals surface area contributed by atoms with Crippen molar-refractivity contribution >= 4 is 33.1 Å². The molecule has 1 atom stereocenters. The molecule has 4 heterocycles. The highest BCUT2D eigenvalue weighted by Crippen LogP contribution is 2.30. The van der Waals surface area contributed by atoms with Crippen LogP contribution in [0.5, 0.6) is 0 Å². The maximum Gasteiger partial charge on any atom is 0.253 e. The summed E-state index contributed by atoms with van der Waals surface area (Å²) in [6.45, 7) is 1.30. The second kappa shape index (κ2) is 8.00. The van der Waals surface area contributed by atoms with Crippen molar-refractivity contribution in [3.63, 3.8) is 0 Å². The Morgan fingerprint density at radius 1 is 1.14 bits per heavy atom. The normalized spacial score (nSPS) is 21.6. The highest BCUT2D eigenvalue weighted by molar-refractivity contribution is 7.91. The smallest absolute Gasteiger partial charge is 0.253 e. The van der Waals surface area contributed by atoms with E-state index in [-0.39, 0.29) is 21.8 Å². The van der Waals surface area contributed by atoms with Gasteiger partial charge in [-0.3, -0.25) is 14.3 Å². The maximum absolute atomic E-state index is 13.1. The SMILES string of the molecule is Cn1nccc1C(=O)C1CCN(C(=O)[C@H]2CCCN2S(=O)(=O)c2cccs2)CC1. The average Bonchev–Trinajstić information content (AvgIpc) is 3.48. The van der Waals surface area contributed by atoms with Gasteiger partial charge in [-0.1, -0.05) is 6.07 Å². The summed E-state index contributed by atoms with van der Waals surface area (Å²) in [5.74, 6) is -0.224. The van der Waals surface area contributed by atoms with Gasteiger partial charge in [-0.05, 0) is 43.2 Å². The summed E-state index contributed by atoms with van der Waals surface area (Å²) in [5.41, 5.74) is 0.582. The van der Waals surface area contributed by atoms with Gasteiger partial charge < -0.3 is 4.90 Å². The van der Waals surface area contributed by atoms with Crippen LogP contribution in [0.4, 0.5) is 0 Å². The van der Waals surface area contributed by atoms with Gasteiger partial charge in [0.05, 0.1) is 0 Å². The molecule has 2 saturated heterocycles. The number of aryl methyl sites for hydroxylation is 1. The fourth-order valence-electron chi connectivity index (χ4n) is 4.20. The fourth-order valence-corrected chi connectivity index (χ4v) is 6.97. The van der Waals surface area contributed by atoms with Crippen LogP contribution in [0.25, 0.3) is 0 Å². The number of sulfonamides is 1. The predicted molar refractivity (Wildman–Crippen MR) is 108 cm³/mol. The lowest BCUT2D eigenvalue weighted by atomic mass is 9.90. The minimum Gasteiger partial charge on any atom is -0.341 e. The number of carbonyl (C=O) groups excluding carboxylic acids is 2. The third kappa shape index (κ3) is 3.76. The number of likely N-dealkylation sites (tertiary alicyclic amines) is 1. The van der Waals surface area contributed by atoms with E-state index in [0.29, 0.717) is 51.0 Å². The van der Waals surface area contributed by atoms with Gasteiger partial charge in [0, 0.05) is 38.8 Å². The number of nitrogens with zero attached hydrogens (tertiary/aromatic N) is 4. The quantitative estimate of drug-likeness (QED) is 0.666. The van der Waals surface area contributed by atoms with Crippen molar-refractivity contribution < 1.29 is 18.0 Å².